The summed E-state index contributed by atoms with van der Waals surface area (Å²) in [5.41, 5.74) is 0.532. The molecule has 0 spiro atoms. The number of aryl methyl sites for hydroxylation is 1. The van der Waals surface area contributed by atoms with Crippen LogP contribution in [0.3, 0.4) is 0 Å². The number of hydrogen-bond acceptors (Lipinski definition) is 3. The summed E-state index contributed by atoms with van der Waals surface area (Å²) in [4.78, 5) is 4.11. The van der Waals surface area contributed by atoms with Crippen LogP contribution in [0.15, 0.2) is 28.8 Å². The molecule has 2 rings (SSSR count). The Hall–Kier alpha value is -1.39. The Kier molecular flexibility index (Phi) is 4.33. The van der Waals surface area contributed by atoms with Crippen molar-refractivity contribution in [3.8, 4) is 0 Å². The van der Waals surface area contributed by atoms with Gasteiger partial charge in [0, 0.05) is 18.5 Å². The van der Waals surface area contributed by atoms with E-state index in [1.54, 1.807) is 18.3 Å². The summed E-state index contributed by atoms with van der Waals surface area (Å²) < 4.78 is 19.0. The van der Waals surface area contributed by atoms with Crippen LogP contribution < -0.4 is 5.32 Å². The first-order chi connectivity index (χ1) is 8.70. The highest BCUT2D eigenvalue weighted by Gasteiger charge is 2.06. The molecule has 96 valence electrons. The molecule has 0 bridgehead atoms. The molecule has 0 atom stereocenters. The van der Waals surface area contributed by atoms with E-state index < -0.39 is 0 Å². The Labute approximate surface area is 110 Å². The van der Waals surface area contributed by atoms with E-state index in [1.165, 1.54) is 6.07 Å². The summed E-state index contributed by atoms with van der Waals surface area (Å²) >= 11 is 5.70. The van der Waals surface area contributed by atoms with Crippen LogP contribution in [0.4, 0.5) is 4.39 Å². The highest BCUT2D eigenvalue weighted by molar-refractivity contribution is 6.30. The number of rotatable bonds is 5. The number of nitrogens with one attached hydrogen (secondary N) is 1. The van der Waals surface area contributed by atoms with Crippen molar-refractivity contribution in [2.75, 3.05) is 0 Å². The molecule has 3 nitrogen and oxygen atoms in total. The van der Waals surface area contributed by atoms with Gasteiger partial charge in [0.25, 0.3) is 0 Å². The first kappa shape index (κ1) is 13.1. The lowest BCUT2D eigenvalue weighted by molar-refractivity contribution is 0.437. The lowest BCUT2D eigenvalue weighted by Gasteiger charge is -2.05. The van der Waals surface area contributed by atoms with Crippen molar-refractivity contribution in [1.29, 1.82) is 0 Å². The molecule has 0 saturated heterocycles. The molecular weight excluding hydrogens is 255 g/mol. The number of hydrogen-bond donors (Lipinski definition) is 1. The molecule has 5 heteroatoms. The van der Waals surface area contributed by atoms with Gasteiger partial charge in [-0.25, -0.2) is 9.37 Å². The molecule has 0 radical (unpaired) electrons. The highest BCUT2D eigenvalue weighted by Crippen LogP contribution is 2.17. The minimum Gasteiger partial charge on any atom is -0.444 e. The van der Waals surface area contributed by atoms with Gasteiger partial charge in [-0.2, -0.15) is 0 Å². The van der Waals surface area contributed by atoms with E-state index in [0.717, 1.165) is 12.2 Å². The van der Waals surface area contributed by atoms with E-state index in [1.807, 2.05) is 6.92 Å². The van der Waals surface area contributed by atoms with Gasteiger partial charge in [-0.3, -0.25) is 0 Å². The molecule has 0 amide bonds. The third-order valence-corrected chi connectivity index (χ3v) is 2.87. The molecule has 0 aliphatic heterocycles. The number of benzene rings is 1. The highest BCUT2D eigenvalue weighted by atomic mass is 35.5. The maximum atomic E-state index is 13.6. The van der Waals surface area contributed by atoms with Crippen LogP contribution in [0, 0.1) is 5.82 Å². The summed E-state index contributed by atoms with van der Waals surface area (Å²) in [5.74, 6) is 1.07. The second kappa shape index (κ2) is 5.98. The van der Waals surface area contributed by atoms with Crippen LogP contribution in [0.1, 0.15) is 24.1 Å². The fraction of sp³-hybridized carbons (Fsp3) is 0.308. The quantitative estimate of drug-likeness (QED) is 0.904. The van der Waals surface area contributed by atoms with Crippen LogP contribution in [0.2, 0.25) is 5.02 Å². The molecule has 1 N–H and O–H groups in total. The number of oxazole rings is 1. The van der Waals surface area contributed by atoms with Crippen molar-refractivity contribution in [1.82, 2.24) is 10.3 Å². The van der Waals surface area contributed by atoms with Gasteiger partial charge in [0.15, 0.2) is 0 Å². The summed E-state index contributed by atoms with van der Waals surface area (Å²) in [7, 11) is 0. The molecule has 0 fully saturated rings. The molecule has 0 aliphatic carbocycles. The van der Waals surface area contributed by atoms with Crippen molar-refractivity contribution in [2.45, 2.75) is 26.4 Å². The van der Waals surface area contributed by atoms with Gasteiger partial charge in [0.2, 0.25) is 5.89 Å². The third kappa shape index (κ3) is 3.09. The van der Waals surface area contributed by atoms with Crippen molar-refractivity contribution < 1.29 is 8.81 Å². The van der Waals surface area contributed by atoms with Crippen LogP contribution in [-0.2, 0) is 19.5 Å². The Morgan fingerprint density at radius 2 is 2.22 bits per heavy atom. The first-order valence-electron chi connectivity index (χ1n) is 5.78. The molecule has 1 heterocycles. The predicted octanol–water partition coefficient (Wildman–Crippen LogP) is 3.32. The van der Waals surface area contributed by atoms with E-state index in [4.69, 9.17) is 16.0 Å². The average Bonchev–Trinajstić information content (AvgIpc) is 2.82. The van der Waals surface area contributed by atoms with Gasteiger partial charge >= 0.3 is 0 Å². The van der Waals surface area contributed by atoms with Gasteiger partial charge in [0.05, 0.1) is 17.8 Å². The minimum atomic E-state index is -0.381. The lowest BCUT2D eigenvalue weighted by Crippen LogP contribution is -2.14. The van der Waals surface area contributed by atoms with Gasteiger partial charge in [-0.1, -0.05) is 30.7 Å². The Morgan fingerprint density at radius 1 is 1.39 bits per heavy atom. The van der Waals surface area contributed by atoms with Crippen molar-refractivity contribution in [3.63, 3.8) is 0 Å². The Bertz CT molecular complexity index is 527. The van der Waals surface area contributed by atoms with Crippen LogP contribution in [-0.4, -0.2) is 4.98 Å². The molecule has 2 aromatic rings. The molecule has 1 aromatic heterocycles. The van der Waals surface area contributed by atoms with E-state index >= 15 is 0 Å². The second-order valence-corrected chi connectivity index (χ2v) is 4.30. The molecule has 0 saturated carbocycles. The summed E-state index contributed by atoms with van der Waals surface area (Å²) in [6.45, 7) is 2.85. The van der Waals surface area contributed by atoms with Crippen molar-refractivity contribution in [2.24, 2.45) is 0 Å². The van der Waals surface area contributed by atoms with Gasteiger partial charge in [-0.05, 0) is 6.07 Å². The van der Waals surface area contributed by atoms with Crippen molar-refractivity contribution in [3.05, 3.63) is 52.5 Å². The minimum absolute atomic E-state index is 0.138. The van der Waals surface area contributed by atoms with E-state index in [0.29, 0.717) is 24.5 Å². The predicted molar refractivity (Wildman–Crippen MR) is 67.8 cm³/mol. The van der Waals surface area contributed by atoms with E-state index in [9.17, 15) is 4.39 Å². The normalized spacial score (nSPS) is 10.8. The second-order valence-electron chi connectivity index (χ2n) is 3.89. The lowest BCUT2D eigenvalue weighted by atomic mass is 10.2. The number of nitrogens with zero attached hydrogens (tertiary/aromatic N) is 1. The maximum absolute atomic E-state index is 13.6. The topological polar surface area (TPSA) is 38.1 Å². The first-order valence-corrected chi connectivity index (χ1v) is 6.15. The zero-order valence-corrected chi connectivity index (χ0v) is 10.8. The summed E-state index contributed by atoms with van der Waals surface area (Å²) in [6, 6.07) is 4.95. The number of halogens is 2. The SMILES string of the molecule is CCc1cnc(CNCc2cccc(Cl)c2F)o1. The van der Waals surface area contributed by atoms with E-state index in [-0.39, 0.29) is 10.8 Å². The zero-order chi connectivity index (χ0) is 13.0. The Morgan fingerprint density at radius 3 is 2.94 bits per heavy atom. The Balaban J connectivity index is 1.90. The number of aromatic nitrogens is 1. The van der Waals surface area contributed by atoms with Crippen LogP contribution >= 0.6 is 11.6 Å². The van der Waals surface area contributed by atoms with Crippen molar-refractivity contribution >= 4 is 11.6 Å². The van der Waals surface area contributed by atoms with E-state index in [2.05, 4.69) is 10.3 Å². The van der Waals surface area contributed by atoms with Crippen LogP contribution in [0.25, 0.3) is 0 Å². The maximum Gasteiger partial charge on any atom is 0.208 e. The largest absolute Gasteiger partial charge is 0.444 e. The summed E-state index contributed by atoms with van der Waals surface area (Å²) in [5, 5.41) is 3.21. The van der Waals surface area contributed by atoms with Crippen LogP contribution in [0.5, 0.6) is 0 Å². The molecule has 0 unspecified atom stereocenters. The smallest absolute Gasteiger partial charge is 0.208 e. The fourth-order valence-electron chi connectivity index (χ4n) is 1.58. The molecular formula is C13H14ClFN2O. The summed E-state index contributed by atoms with van der Waals surface area (Å²) in [6.07, 6.45) is 2.52. The molecule has 0 aliphatic rings. The molecule has 18 heavy (non-hydrogen) atoms. The molecule has 1 aromatic carbocycles. The zero-order valence-electron chi connectivity index (χ0n) is 10.0. The van der Waals surface area contributed by atoms with Gasteiger partial charge < -0.3 is 9.73 Å². The fourth-order valence-corrected chi connectivity index (χ4v) is 1.78. The van der Waals surface area contributed by atoms with Gasteiger partial charge in [-0.15, -0.1) is 0 Å². The standard InChI is InChI=1S/C13H14ClFN2O/c1-2-10-7-17-12(18-10)8-16-6-9-4-3-5-11(14)13(9)15/h3-5,7,16H,2,6,8H2,1H3. The van der Waals surface area contributed by atoms with Gasteiger partial charge in [0.1, 0.15) is 11.6 Å². The third-order valence-electron chi connectivity index (χ3n) is 2.57. The monoisotopic (exact) mass is 268 g/mol. The average molecular weight is 269 g/mol.